The number of fused-ring (bicyclic) bond motifs is 1. The van der Waals surface area contributed by atoms with Gasteiger partial charge in [-0.2, -0.15) is 0 Å². The van der Waals surface area contributed by atoms with E-state index < -0.39 is 4.92 Å². The zero-order valence-electron chi connectivity index (χ0n) is 13.9. The number of aromatic amines is 1. The average molecular weight is 327 g/mol. The van der Waals surface area contributed by atoms with Gasteiger partial charge >= 0.3 is 0 Å². The molecule has 1 aromatic carbocycles. The maximum Gasteiger partial charge on any atom is 0.279 e. The summed E-state index contributed by atoms with van der Waals surface area (Å²) in [6, 6.07) is 5.10. The van der Waals surface area contributed by atoms with Gasteiger partial charge in [0.15, 0.2) is 0 Å². The van der Waals surface area contributed by atoms with Crippen LogP contribution in [0.1, 0.15) is 43.5 Å². The van der Waals surface area contributed by atoms with Gasteiger partial charge in [-0.05, 0) is 24.8 Å². The summed E-state index contributed by atoms with van der Waals surface area (Å²) in [5, 5.41) is 11.8. The zero-order chi connectivity index (χ0) is 17.1. The Morgan fingerprint density at radius 3 is 2.75 bits per heavy atom. The first-order valence-electron chi connectivity index (χ1n) is 8.50. The molecular formula is C18H21N3O3. The first-order valence-corrected chi connectivity index (χ1v) is 8.50. The topological polar surface area (TPSA) is 79.2 Å². The molecule has 0 bridgehead atoms. The molecule has 4 rings (SSSR count). The molecule has 24 heavy (non-hydrogen) atoms. The highest BCUT2D eigenvalue weighted by molar-refractivity contribution is 6.10. The third kappa shape index (κ3) is 1.92. The molecule has 1 atom stereocenters. The number of rotatable bonds is 3. The second-order valence-corrected chi connectivity index (χ2v) is 7.50. The van der Waals surface area contributed by atoms with E-state index in [4.69, 9.17) is 0 Å². The molecule has 1 N–H and O–H groups in total. The number of benzene rings is 1. The molecule has 1 saturated carbocycles. The number of H-pyrrole nitrogens is 1. The van der Waals surface area contributed by atoms with Crippen molar-refractivity contribution in [2.24, 2.45) is 11.3 Å². The molecule has 1 unspecified atom stereocenters. The second kappa shape index (κ2) is 5.06. The fourth-order valence-corrected chi connectivity index (χ4v) is 4.74. The molecule has 1 spiro atoms. The van der Waals surface area contributed by atoms with Gasteiger partial charge in [0.25, 0.3) is 11.6 Å². The van der Waals surface area contributed by atoms with Crippen LogP contribution in [0.2, 0.25) is 0 Å². The summed E-state index contributed by atoms with van der Waals surface area (Å²) in [5.41, 5.74) is 1.32. The van der Waals surface area contributed by atoms with Crippen LogP contribution in [0.15, 0.2) is 24.4 Å². The standard InChI is InChI=1S/C18H21N3O3/c1-11(2)16-18(7-4-8-18)10-20(16)17(22)12-9-19-13-5-3-6-14(15(12)13)21(23)24/h3,5-6,9,11,16,19H,4,7-8,10H2,1-2H3. The third-order valence-corrected chi connectivity index (χ3v) is 5.80. The summed E-state index contributed by atoms with van der Waals surface area (Å²) in [6.07, 6.45) is 5.23. The number of nitro benzene ring substituents is 1. The maximum absolute atomic E-state index is 13.1. The molecule has 1 saturated heterocycles. The van der Waals surface area contributed by atoms with Crippen LogP contribution in [0.5, 0.6) is 0 Å². The van der Waals surface area contributed by atoms with Crippen LogP contribution >= 0.6 is 0 Å². The summed E-state index contributed by atoms with van der Waals surface area (Å²) in [7, 11) is 0. The smallest absolute Gasteiger partial charge is 0.279 e. The monoisotopic (exact) mass is 327 g/mol. The predicted octanol–water partition coefficient (Wildman–Crippen LogP) is 3.73. The van der Waals surface area contributed by atoms with Gasteiger partial charge < -0.3 is 9.88 Å². The Hall–Kier alpha value is -2.37. The fourth-order valence-electron chi connectivity index (χ4n) is 4.74. The van der Waals surface area contributed by atoms with Crippen LogP contribution in [-0.4, -0.2) is 33.3 Å². The molecule has 1 aliphatic heterocycles. The van der Waals surface area contributed by atoms with Crippen molar-refractivity contribution in [1.82, 2.24) is 9.88 Å². The van der Waals surface area contributed by atoms with Crippen LogP contribution < -0.4 is 0 Å². The van der Waals surface area contributed by atoms with Gasteiger partial charge in [0.05, 0.1) is 21.4 Å². The number of carbonyl (C=O) groups excluding carboxylic acids is 1. The number of non-ortho nitro benzene ring substituents is 1. The van der Waals surface area contributed by atoms with Crippen molar-refractivity contribution < 1.29 is 9.72 Å². The van der Waals surface area contributed by atoms with Gasteiger partial charge in [-0.3, -0.25) is 14.9 Å². The summed E-state index contributed by atoms with van der Waals surface area (Å²) >= 11 is 0. The highest BCUT2D eigenvalue weighted by Gasteiger charge is 2.58. The van der Waals surface area contributed by atoms with E-state index in [1.54, 1.807) is 18.3 Å². The summed E-state index contributed by atoms with van der Waals surface area (Å²) in [4.78, 5) is 28.9. The SMILES string of the molecule is CC(C)C1N(C(=O)c2c[nH]c3cccc([N+](=O)[O-])c23)CC12CCC2. The van der Waals surface area contributed by atoms with Crippen LogP contribution in [0.25, 0.3) is 10.9 Å². The lowest BCUT2D eigenvalue weighted by atomic mass is 9.55. The van der Waals surface area contributed by atoms with Gasteiger partial charge in [0.1, 0.15) is 0 Å². The lowest BCUT2D eigenvalue weighted by molar-refractivity contribution is -0.383. The minimum absolute atomic E-state index is 0.0166. The third-order valence-electron chi connectivity index (χ3n) is 5.80. The molecule has 2 fully saturated rings. The molecule has 1 aliphatic carbocycles. The van der Waals surface area contributed by atoms with Crippen molar-refractivity contribution in [2.45, 2.75) is 39.2 Å². The number of likely N-dealkylation sites (tertiary alicyclic amines) is 1. The molecule has 1 amide bonds. The number of hydrogen-bond acceptors (Lipinski definition) is 3. The highest BCUT2D eigenvalue weighted by Crippen LogP contribution is 2.55. The number of carbonyl (C=O) groups is 1. The Labute approximate surface area is 140 Å². The lowest BCUT2D eigenvalue weighted by Crippen LogP contribution is -2.70. The second-order valence-electron chi connectivity index (χ2n) is 7.50. The molecule has 2 heterocycles. The molecule has 2 aromatic rings. The van der Waals surface area contributed by atoms with E-state index in [1.165, 1.54) is 25.3 Å². The van der Waals surface area contributed by atoms with Gasteiger partial charge in [0.2, 0.25) is 0 Å². The van der Waals surface area contributed by atoms with E-state index in [-0.39, 0.29) is 17.6 Å². The molecule has 6 heteroatoms. The number of nitrogens with zero attached hydrogens (tertiary/aromatic N) is 2. The molecule has 1 aromatic heterocycles. The molecule has 126 valence electrons. The van der Waals surface area contributed by atoms with Crippen LogP contribution in [0, 0.1) is 21.4 Å². The Morgan fingerprint density at radius 1 is 1.42 bits per heavy atom. The Balaban J connectivity index is 1.73. The van der Waals surface area contributed by atoms with Crippen molar-refractivity contribution in [3.63, 3.8) is 0 Å². The number of nitrogens with one attached hydrogen (secondary N) is 1. The van der Waals surface area contributed by atoms with Crippen molar-refractivity contribution in [2.75, 3.05) is 6.54 Å². The minimum Gasteiger partial charge on any atom is -0.360 e. The van der Waals surface area contributed by atoms with E-state index in [1.807, 2.05) is 4.90 Å². The van der Waals surface area contributed by atoms with Crippen LogP contribution in [0.4, 0.5) is 5.69 Å². The molecular weight excluding hydrogens is 306 g/mol. The Bertz CT molecular complexity index is 835. The molecule has 6 nitrogen and oxygen atoms in total. The van der Waals surface area contributed by atoms with Gasteiger partial charge in [-0.15, -0.1) is 0 Å². The summed E-state index contributed by atoms with van der Waals surface area (Å²) in [6.45, 7) is 5.09. The first-order chi connectivity index (χ1) is 11.4. The van der Waals surface area contributed by atoms with E-state index in [0.717, 1.165) is 6.54 Å². The van der Waals surface area contributed by atoms with Crippen LogP contribution in [-0.2, 0) is 0 Å². The van der Waals surface area contributed by atoms with Crippen LogP contribution in [0.3, 0.4) is 0 Å². The molecule has 0 radical (unpaired) electrons. The summed E-state index contributed by atoms with van der Waals surface area (Å²) < 4.78 is 0. The normalized spacial score (nSPS) is 21.8. The first kappa shape index (κ1) is 15.2. The number of aromatic nitrogens is 1. The summed E-state index contributed by atoms with van der Waals surface area (Å²) in [5.74, 6) is 0.301. The Kier molecular flexibility index (Phi) is 3.20. The number of nitro groups is 1. The van der Waals surface area contributed by atoms with E-state index in [9.17, 15) is 14.9 Å². The average Bonchev–Trinajstić information content (AvgIpc) is 2.87. The number of amides is 1. The number of hydrogen-bond donors (Lipinski definition) is 1. The maximum atomic E-state index is 13.1. The van der Waals surface area contributed by atoms with Crippen molar-refractivity contribution in [3.05, 3.63) is 40.1 Å². The predicted molar refractivity (Wildman–Crippen MR) is 90.9 cm³/mol. The highest BCUT2D eigenvalue weighted by atomic mass is 16.6. The van der Waals surface area contributed by atoms with Crippen molar-refractivity contribution in [1.29, 1.82) is 0 Å². The van der Waals surface area contributed by atoms with Crippen molar-refractivity contribution in [3.8, 4) is 0 Å². The van der Waals surface area contributed by atoms with Gasteiger partial charge in [0, 0.05) is 30.3 Å². The zero-order valence-corrected chi connectivity index (χ0v) is 13.9. The van der Waals surface area contributed by atoms with E-state index >= 15 is 0 Å². The molecule has 2 aliphatic rings. The quantitative estimate of drug-likeness (QED) is 0.689. The Morgan fingerprint density at radius 2 is 2.17 bits per heavy atom. The van der Waals surface area contributed by atoms with Gasteiger partial charge in [-0.25, -0.2) is 0 Å². The van der Waals surface area contributed by atoms with E-state index in [0.29, 0.717) is 27.8 Å². The lowest BCUT2D eigenvalue weighted by Gasteiger charge is -2.64. The van der Waals surface area contributed by atoms with Crippen molar-refractivity contribution >= 4 is 22.5 Å². The van der Waals surface area contributed by atoms with Gasteiger partial charge in [-0.1, -0.05) is 26.3 Å². The van der Waals surface area contributed by atoms with E-state index in [2.05, 4.69) is 18.8 Å². The fraction of sp³-hybridized carbons (Fsp3) is 0.500. The minimum atomic E-state index is -0.420. The largest absolute Gasteiger partial charge is 0.360 e.